The fraction of sp³-hybridized carbons (Fsp3) is 0.500. The average molecular weight is 340 g/mol. The van der Waals surface area contributed by atoms with Gasteiger partial charge in [0.25, 0.3) is 5.91 Å². The van der Waals surface area contributed by atoms with E-state index in [1.165, 1.54) is 18.7 Å². The van der Waals surface area contributed by atoms with Crippen molar-refractivity contribution in [3.63, 3.8) is 0 Å². The van der Waals surface area contributed by atoms with Gasteiger partial charge in [-0.25, -0.2) is 14.8 Å². The Bertz CT molecular complexity index is 598. The highest BCUT2D eigenvalue weighted by Crippen LogP contribution is 2.17. The van der Waals surface area contributed by atoms with Crippen LogP contribution in [0.25, 0.3) is 0 Å². The van der Waals surface area contributed by atoms with E-state index >= 15 is 0 Å². The standard InChI is InChI=1S/C14H20N4O4S/c1-7-10(8(2)17-14(16-7)23-4)5-6-11(19)22-9(3)12(20)18-13(15)21/h9H,5-6H2,1-4H3,(H3,15,18,20,21)/t9-/m1/s1. The van der Waals surface area contributed by atoms with Crippen LogP contribution in [0.5, 0.6) is 0 Å². The monoisotopic (exact) mass is 340 g/mol. The molecule has 1 aromatic heterocycles. The van der Waals surface area contributed by atoms with Crippen molar-refractivity contribution < 1.29 is 19.1 Å². The van der Waals surface area contributed by atoms with Gasteiger partial charge in [-0.3, -0.25) is 14.9 Å². The Kier molecular flexibility index (Phi) is 6.95. The van der Waals surface area contributed by atoms with Gasteiger partial charge in [-0.1, -0.05) is 11.8 Å². The molecular weight excluding hydrogens is 320 g/mol. The number of carbonyl (C=O) groups excluding carboxylic acids is 3. The largest absolute Gasteiger partial charge is 0.453 e. The van der Waals surface area contributed by atoms with Gasteiger partial charge in [0, 0.05) is 17.8 Å². The number of nitrogens with two attached hydrogens (primary N) is 1. The van der Waals surface area contributed by atoms with Gasteiger partial charge in [-0.15, -0.1) is 0 Å². The number of urea groups is 1. The minimum absolute atomic E-state index is 0.0812. The lowest BCUT2D eigenvalue weighted by atomic mass is 10.1. The number of ether oxygens (including phenoxy) is 1. The number of rotatable bonds is 6. The van der Waals surface area contributed by atoms with Crippen molar-refractivity contribution in [2.24, 2.45) is 5.73 Å². The number of primary amides is 1. The number of hydrogen-bond donors (Lipinski definition) is 2. The first kappa shape index (κ1) is 18.9. The minimum Gasteiger partial charge on any atom is -0.453 e. The van der Waals surface area contributed by atoms with Crippen molar-refractivity contribution in [2.45, 2.75) is 44.9 Å². The Morgan fingerprint density at radius 1 is 1.26 bits per heavy atom. The molecule has 0 saturated heterocycles. The van der Waals surface area contributed by atoms with E-state index in [-0.39, 0.29) is 6.42 Å². The third-order valence-electron chi connectivity index (χ3n) is 3.09. The zero-order chi connectivity index (χ0) is 17.6. The molecule has 3 N–H and O–H groups in total. The first-order valence-electron chi connectivity index (χ1n) is 6.92. The maximum absolute atomic E-state index is 11.8. The van der Waals surface area contributed by atoms with Gasteiger partial charge < -0.3 is 10.5 Å². The zero-order valence-corrected chi connectivity index (χ0v) is 14.3. The first-order chi connectivity index (χ1) is 10.7. The van der Waals surface area contributed by atoms with Crippen molar-refractivity contribution in [1.82, 2.24) is 15.3 Å². The smallest absolute Gasteiger partial charge is 0.318 e. The third-order valence-corrected chi connectivity index (χ3v) is 3.63. The Morgan fingerprint density at radius 3 is 2.30 bits per heavy atom. The number of imide groups is 1. The third kappa shape index (κ3) is 5.85. The van der Waals surface area contributed by atoms with Crippen molar-refractivity contribution in [1.29, 1.82) is 0 Å². The van der Waals surface area contributed by atoms with Crippen LogP contribution >= 0.6 is 11.8 Å². The van der Waals surface area contributed by atoms with Crippen molar-refractivity contribution in [3.05, 3.63) is 17.0 Å². The molecule has 0 unspecified atom stereocenters. The lowest BCUT2D eigenvalue weighted by Gasteiger charge is -2.13. The second-order valence-electron chi connectivity index (χ2n) is 4.85. The van der Waals surface area contributed by atoms with Crippen LogP contribution in [0.1, 0.15) is 30.3 Å². The number of nitrogens with one attached hydrogen (secondary N) is 1. The fourth-order valence-electron chi connectivity index (χ4n) is 1.92. The van der Waals surface area contributed by atoms with E-state index in [4.69, 9.17) is 10.5 Å². The number of hydrogen-bond acceptors (Lipinski definition) is 7. The summed E-state index contributed by atoms with van der Waals surface area (Å²) in [6.45, 7) is 5.08. The number of aryl methyl sites for hydroxylation is 2. The number of amides is 3. The van der Waals surface area contributed by atoms with Crippen LogP contribution in [0.3, 0.4) is 0 Å². The molecule has 1 atom stereocenters. The Hall–Kier alpha value is -2.16. The quantitative estimate of drug-likeness (QED) is 0.447. The SMILES string of the molecule is CSc1nc(C)c(CCC(=O)O[C@H](C)C(=O)NC(N)=O)c(C)n1. The first-order valence-corrected chi connectivity index (χ1v) is 8.15. The molecule has 126 valence electrons. The van der Waals surface area contributed by atoms with Gasteiger partial charge in [0.05, 0.1) is 0 Å². The van der Waals surface area contributed by atoms with Crippen molar-refractivity contribution >= 4 is 29.7 Å². The van der Waals surface area contributed by atoms with Gasteiger partial charge in [-0.05, 0) is 39.0 Å². The molecule has 1 rings (SSSR count). The number of carbonyl (C=O) groups is 3. The van der Waals surface area contributed by atoms with E-state index in [9.17, 15) is 14.4 Å². The van der Waals surface area contributed by atoms with Gasteiger partial charge in [-0.2, -0.15) is 0 Å². The predicted octanol–water partition coefficient (Wildman–Crippen LogP) is 0.875. The van der Waals surface area contributed by atoms with E-state index in [0.717, 1.165) is 17.0 Å². The summed E-state index contributed by atoms with van der Waals surface area (Å²) >= 11 is 1.45. The molecule has 23 heavy (non-hydrogen) atoms. The van der Waals surface area contributed by atoms with Crippen LogP contribution in [0.4, 0.5) is 4.79 Å². The number of nitrogens with zero attached hydrogens (tertiary/aromatic N) is 2. The molecule has 1 aromatic rings. The number of esters is 1. The number of thioether (sulfide) groups is 1. The highest BCUT2D eigenvalue weighted by molar-refractivity contribution is 7.98. The zero-order valence-electron chi connectivity index (χ0n) is 13.5. The van der Waals surface area contributed by atoms with Crippen LogP contribution in [0, 0.1) is 13.8 Å². The van der Waals surface area contributed by atoms with E-state index in [2.05, 4.69) is 9.97 Å². The Labute approximate surface area is 138 Å². The molecule has 0 fully saturated rings. The van der Waals surface area contributed by atoms with Crippen LogP contribution in [-0.4, -0.2) is 40.2 Å². The summed E-state index contributed by atoms with van der Waals surface area (Å²) in [5.74, 6) is -1.31. The second-order valence-corrected chi connectivity index (χ2v) is 5.62. The summed E-state index contributed by atoms with van der Waals surface area (Å²) in [6.07, 6.45) is 1.30. The van der Waals surface area contributed by atoms with Crippen molar-refractivity contribution in [2.75, 3.05) is 6.26 Å². The maximum Gasteiger partial charge on any atom is 0.318 e. The second kappa shape index (κ2) is 8.47. The van der Waals surface area contributed by atoms with Crippen molar-refractivity contribution in [3.8, 4) is 0 Å². The molecule has 0 aliphatic heterocycles. The Morgan fingerprint density at radius 2 is 1.83 bits per heavy atom. The van der Waals surface area contributed by atoms with E-state index < -0.39 is 24.0 Å². The van der Waals surface area contributed by atoms with E-state index in [1.54, 1.807) is 0 Å². The topological polar surface area (TPSA) is 124 Å². The summed E-state index contributed by atoms with van der Waals surface area (Å²) in [4.78, 5) is 42.5. The van der Waals surface area contributed by atoms with E-state index in [0.29, 0.717) is 11.6 Å². The Balaban J connectivity index is 2.60. The molecule has 9 heteroatoms. The molecule has 3 amide bonds. The van der Waals surface area contributed by atoms with Gasteiger partial charge in [0.1, 0.15) is 0 Å². The molecule has 8 nitrogen and oxygen atoms in total. The molecule has 0 saturated carbocycles. The molecule has 0 aromatic carbocycles. The lowest BCUT2D eigenvalue weighted by molar-refractivity contribution is -0.154. The molecule has 0 aliphatic rings. The molecule has 0 aliphatic carbocycles. The normalized spacial score (nSPS) is 11.7. The number of aromatic nitrogens is 2. The summed E-state index contributed by atoms with van der Waals surface area (Å²) in [5.41, 5.74) is 7.34. The van der Waals surface area contributed by atoms with Crippen LogP contribution in [-0.2, 0) is 20.7 Å². The van der Waals surface area contributed by atoms with Gasteiger partial charge in [0.15, 0.2) is 11.3 Å². The lowest BCUT2D eigenvalue weighted by Crippen LogP contribution is -2.42. The summed E-state index contributed by atoms with van der Waals surface area (Å²) in [5, 5.41) is 2.54. The maximum atomic E-state index is 11.8. The molecule has 0 bridgehead atoms. The summed E-state index contributed by atoms with van der Waals surface area (Å²) < 4.78 is 4.96. The van der Waals surface area contributed by atoms with Gasteiger partial charge >= 0.3 is 12.0 Å². The van der Waals surface area contributed by atoms with Crippen LogP contribution in [0.15, 0.2) is 5.16 Å². The van der Waals surface area contributed by atoms with Crippen LogP contribution in [0.2, 0.25) is 0 Å². The van der Waals surface area contributed by atoms with Gasteiger partial charge in [0.2, 0.25) is 0 Å². The summed E-state index contributed by atoms with van der Waals surface area (Å²) in [7, 11) is 0. The molecule has 1 heterocycles. The van der Waals surface area contributed by atoms with E-state index in [1.807, 2.05) is 25.4 Å². The van der Waals surface area contributed by atoms with Crippen LogP contribution < -0.4 is 11.1 Å². The molecular formula is C14H20N4O4S. The fourth-order valence-corrected chi connectivity index (χ4v) is 2.38. The molecule has 0 spiro atoms. The highest BCUT2D eigenvalue weighted by Gasteiger charge is 2.19. The predicted molar refractivity (Wildman–Crippen MR) is 84.9 cm³/mol. The highest BCUT2D eigenvalue weighted by atomic mass is 32.2. The summed E-state index contributed by atoms with van der Waals surface area (Å²) in [6, 6.07) is -0.991. The average Bonchev–Trinajstić information content (AvgIpc) is 2.45. The molecule has 0 radical (unpaired) electrons. The minimum atomic E-state index is -1.09.